The fourth-order valence-electron chi connectivity index (χ4n) is 12.1. The molecule has 0 aromatic heterocycles. The smallest absolute Gasteiger partial charge is 0.314 e. The zero-order valence-corrected chi connectivity index (χ0v) is 28.9. The summed E-state index contributed by atoms with van der Waals surface area (Å²) in [4.78, 5) is 26.4. The van der Waals surface area contributed by atoms with Gasteiger partial charge in [0.25, 0.3) is 0 Å². The van der Waals surface area contributed by atoms with Crippen molar-refractivity contribution in [3.8, 4) is 0 Å². The van der Waals surface area contributed by atoms with E-state index in [1.807, 2.05) is 0 Å². The predicted molar refractivity (Wildman–Crippen MR) is 170 cm³/mol. The van der Waals surface area contributed by atoms with Crippen molar-refractivity contribution in [3.63, 3.8) is 0 Å². The molecule has 12 heteroatoms. The second kappa shape index (κ2) is 11.4. The topological polar surface area (TPSA) is 214 Å². The normalized spacial score (nSPS) is 52.9. The number of carboxylic acids is 2. The molecule has 0 aromatic rings. The van der Waals surface area contributed by atoms with E-state index >= 15 is 0 Å². The molecule has 272 valence electrons. The summed E-state index contributed by atoms with van der Waals surface area (Å²) >= 11 is 0. The van der Waals surface area contributed by atoms with Crippen molar-refractivity contribution in [2.75, 3.05) is 13.2 Å². The van der Waals surface area contributed by atoms with Gasteiger partial charge in [-0.3, -0.25) is 9.59 Å². The summed E-state index contributed by atoms with van der Waals surface area (Å²) in [6, 6.07) is 0. The third-order valence-corrected chi connectivity index (χ3v) is 15.5. The van der Waals surface area contributed by atoms with Crippen LogP contribution in [0.2, 0.25) is 0 Å². The minimum Gasteiger partial charge on any atom is -0.481 e. The van der Waals surface area contributed by atoms with E-state index in [2.05, 4.69) is 33.8 Å². The summed E-state index contributed by atoms with van der Waals surface area (Å²) in [6.07, 6.45) is -2.29. The van der Waals surface area contributed by atoms with Crippen molar-refractivity contribution >= 4 is 11.9 Å². The van der Waals surface area contributed by atoms with Crippen LogP contribution in [-0.2, 0) is 19.1 Å². The predicted octanol–water partition coefficient (Wildman–Crippen LogP) is 2.21. The van der Waals surface area contributed by atoms with Crippen molar-refractivity contribution in [3.05, 3.63) is 11.6 Å². The van der Waals surface area contributed by atoms with Crippen LogP contribution in [-0.4, -0.2) is 108 Å². The van der Waals surface area contributed by atoms with Crippen molar-refractivity contribution in [1.29, 1.82) is 0 Å². The van der Waals surface area contributed by atoms with Crippen LogP contribution >= 0.6 is 0 Å². The number of ether oxygens (including phenoxy) is 2. The number of aliphatic carboxylic acids is 2. The van der Waals surface area contributed by atoms with Crippen LogP contribution in [0.4, 0.5) is 0 Å². The van der Waals surface area contributed by atoms with E-state index < -0.39 is 94.6 Å². The lowest BCUT2D eigenvalue weighted by molar-refractivity contribution is -0.352. The lowest BCUT2D eigenvalue weighted by Gasteiger charge is -2.73. The molecule has 8 N–H and O–H groups in total. The highest BCUT2D eigenvalue weighted by molar-refractivity contribution is 5.78. The molecule has 1 saturated heterocycles. The molecular formula is C36H56O12. The molecule has 0 bridgehead atoms. The fourth-order valence-corrected chi connectivity index (χ4v) is 12.1. The molecule has 14 atom stereocenters. The molecule has 5 fully saturated rings. The highest BCUT2D eigenvalue weighted by Gasteiger charge is 2.77. The van der Waals surface area contributed by atoms with Gasteiger partial charge >= 0.3 is 11.9 Å². The molecule has 5 aliphatic carbocycles. The molecule has 4 saturated carbocycles. The number of aliphatic hydroxyl groups is 6. The molecule has 1 heterocycles. The molecule has 0 unspecified atom stereocenters. The Morgan fingerprint density at radius 3 is 2.15 bits per heavy atom. The Hall–Kier alpha value is -1.64. The Labute approximate surface area is 282 Å². The zero-order valence-electron chi connectivity index (χ0n) is 28.9. The average Bonchev–Trinajstić information content (AvgIpc) is 3.03. The zero-order chi connectivity index (χ0) is 35.5. The molecule has 0 radical (unpaired) electrons. The van der Waals surface area contributed by atoms with E-state index in [-0.39, 0.29) is 36.5 Å². The highest BCUT2D eigenvalue weighted by Crippen LogP contribution is 2.76. The molecule has 6 rings (SSSR count). The van der Waals surface area contributed by atoms with Crippen LogP contribution in [0.5, 0.6) is 0 Å². The largest absolute Gasteiger partial charge is 0.481 e. The molecule has 0 spiro atoms. The first-order valence-electron chi connectivity index (χ1n) is 17.7. The van der Waals surface area contributed by atoms with Gasteiger partial charge in [0, 0.05) is 5.41 Å². The molecule has 0 aromatic carbocycles. The maximum Gasteiger partial charge on any atom is 0.314 e. The average molecular weight is 681 g/mol. The van der Waals surface area contributed by atoms with E-state index in [4.69, 9.17) is 9.47 Å². The van der Waals surface area contributed by atoms with Gasteiger partial charge < -0.3 is 50.3 Å². The van der Waals surface area contributed by atoms with Gasteiger partial charge in [-0.25, -0.2) is 0 Å². The van der Waals surface area contributed by atoms with Crippen LogP contribution < -0.4 is 0 Å². The Bertz CT molecular complexity index is 1350. The Kier molecular flexibility index (Phi) is 8.61. The van der Waals surface area contributed by atoms with Crippen LogP contribution in [0.25, 0.3) is 0 Å². The molecule has 12 nitrogen and oxygen atoms in total. The third kappa shape index (κ3) is 4.42. The number of hydrogen-bond donors (Lipinski definition) is 8. The quantitative estimate of drug-likeness (QED) is 0.150. The first kappa shape index (κ1) is 36.2. The Morgan fingerprint density at radius 2 is 1.54 bits per heavy atom. The minimum atomic E-state index is -1.99. The number of aliphatic hydroxyl groups excluding tert-OH is 5. The number of allylic oxidation sites excluding steroid dienone is 2. The molecule has 1 aliphatic heterocycles. The third-order valence-electron chi connectivity index (χ3n) is 15.5. The van der Waals surface area contributed by atoms with Gasteiger partial charge in [0.05, 0.1) is 30.3 Å². The second-order valence-corrected chi connectivity index (χ2v) is 17.6. The number of hydrogen-bond acceptors (Lipinski definition) is 10. The second-order valence-electron chi connectivity index (χ2n) is 17.6. The lowest BCUT2D eigenvalue weighted by Crippen LogP contribution is -2.77. The van der Waals surface area contributed by atoms with Gasteiger partial charge in [-0.05, 0) is 99.2 Å². The molecule has 48 heavy (non-hydrogen) atoms. The van der Waals surface area contributed by atoms with Crippen LogP contribution in [0, 0.1) is 44.3 Å². The molecule has 0 amide bonds. The van der Waals surface area contributed by atoms with Gasteiger partial charge in [0.15, 0.2) is 6.29 Å². The first-order chi connectivity index (χ1) is 22.2. The fraction of sp³-hybridized carbons (Fsp3) is 0.889. The van der Waals surface area contributed by atoms with Crippen molar-refractivity contribution in [2.45, 2.75) is 141 Å². The molecule has 6 aliphatic rings. The first-order valence-corrected chi connectivity index (χ1v) is 17.7. The van der Waals surface area contributed by atoms with Gasteiger partial charge in [-0.15, -0.1) is 0 Å². The SMILES string of the molecule is CC1(C)CC[C@]2(C(=O)O)CC[C@]3(C)C(=CC[C@@H]4[C@@]5(CO)CC[C@@H](O[C@@H]6O[C@H](CO)[C@@H](O)[C@H](O)[C@H]6O)[C@@](C)(C(=O)O)[C@]5(O)CC[C@]43C)[C@@H]2C1. The van der Waals surface area contributed by atoms with E-state index in [0.29, 0.717) is 32.1 Å². The van der Waals surface area contributed by atoms with Gasteiger partial charge in [0.2, 0.25) is 0 Å². The summed E-state index contributed by atoms with van der Waals surface area (Å²) in [7, 11) is 0. The van der Waals surface area contributed by atoms with Gasteiger partial charge in [-0.1, -0.05) is 39.3 Å². The summed E-state index contributed by atoms with van der Waals surface area (Å²) < 4.78 is 11.7. The maximum absolute atomic E-state index is 13.4. The standard InChI is InChI=1S/C36H56O12/c1-30(2)10-13-34(29(44)45)14-11-31(3)19(20(34)16-30)6-7-22-32(31,4)12-15-36(46)33(5,28(42)43)23(8-9-35(22,36)18-38)48-27-26(41)25(40)24(39)21(17-37)47-27/h6,20-27,37-41,46H,7-18H2,1-5H3,(H,42,43)(H,44,45)/t20-,21+,22-,23+,24+,25-,26+,27-,31+,32+,33-,34-,35-,36+/m0/s1. The van der Waals surface area contributed by atoms with Gasteiger partial charge in [0.1, 0.15) is 29.8 Å². The number of carbonyl (C=O) groups is 2. The maximum atomic E-state index is 13.4. The highest BCUT2D eigenvalue weighted by atomic mass is 16.7. The van der Waals surface area contributed by atoms with E-state index in [0.717, 1.165) is 12.8 Å². The minimum absolute atomic E-state index is 0.0117. The lowest BCUT2D eigenvalue weighted by atomic mass is 9.32. The summed E-state index contributed by atoms with van der Waals surface area (Å²) in [5.41, 5.74) is -5.78. The van der Waals surface area contributed by atoms with Crippen LogP contribution in [0.3, 0.4) is 0 Å². The summed E-state index contributed by atoms with van der Waals surface area (Å²) in [5, 5.41) is 86.9. The molecular weight excluding hydrogens is 624 g/mol. The van der Waals surface area contributed by atoms with E-state index in [9.17, 15) is 50.4 Å². The van der Waals surface area contributed by atoms with Crippen molar-refractivity contribution in [2.24, 2.45) is 44.3 Å². The summed E-state index contributed by atoms with van der Waals surface area (Å²) in [6.45, 7) is 9.09. The van der Waals surface area contributed by atoms with Crippen LogP contribution in [0.15, 0.2) is 11.6 Å². The Balaban J connectivity index is 1.40. The van der Waals surface area contributed by atoms with Crippen molar-refractivity contribution < 1.29 is 59.9 Å². The van der Waals surface area contributed by atoms with E-state index in [1.165, 1.54) is 12.5 Å². The van der Waals surface area contributed by atoms with E-state index in [1.54, 1.807) is 0 Å². The Morgan fingerprint density at radius 1 is 0.875 bits per heavy atom. The van der Waals surface area contributed by atoms with Gasteiger partial charge in [-0.2, -0.15) is 0 Å². The summed E-state index contributed by atoms with van der Waals surface area (Å²) in [5.74, 6) is -2.54. The monoisotopic (exact) mass is 680 g/mol. The number of rotatable bonds is 6. The number of carboxylic acid groups (broad SMARTS) is 2. The number of fused-ring (bicyclic) bond motifs is 7. The van der Waals surface area contributed by atoms with Crippen molar-refractivity contribution in [1.82, 2.24) is 0 Å². The van der Waals surface area contributed by atoms with Crippen LogP contribution in [0.1, 0.15) is 98.8 Å².